The van der Waals surface area contributed by atoms with Gasteiger partial charge in [0.25, 0.3) is 0 Å². The molecule has 0 fully saturated rings. The van der Waals surface area contributed by atoms with Crippen LogP contribution >= 0.6 is 11.9 Å². The summed E-state index contributed by atoms with van der Waals surface area (Å²) in [6.07, 6.45) is 0.511. The van der Waals surface area contributed by atoms with E-state index >= 15 is 0 Å². The number of carbonyl (C=O) groups excluding carboxylic acids is 1. The molecular formula is C9H10FNOS. The van der Waals surface area contributed by atoms with Gasteiger partial charge >= 0.3 is 0 Å². The van der Waals surface area contributed by atoms with Crippen LogP contribution in [0.3, 0.4) is 0 Å². The fourth-order valence-corrected chi connectivity index (χ4v) is 1.29. The van der Waals surface area contributed by atoms with Gasteiger partial charge in [0.15, 0.2) is 6.29 Å². The van der Waals surface area contributed by atoms with Crippen LogP contribution in [0.5, 0.6) is 0 Å². The molecule has 0 aliphatic rings. The lowest BCUT2D eigenvalue weighted by atomic mass is 10.2. The summed E-state index contributed by atoms with van der Waals surface area (Å²) in [5.74, 6) is 0.426. The van der Waals surface area contributed by atoms with Crippen LogP contribution in [-0.4, -0.2) is 12.0 Å². The highest BCUT2D eigenvalue weighted by Gasteiger charge is 2.01. The van der Waals surface area contributed by atoms with Crippen molar-refractivity contribution in [1.82, 2.24) is 0 Å². The molecule has 1 N–H and O–H groups in total. The van der Waals surface area contributed by atoms with Crippen LogP contribution in [-0.2, 0) is 0 Å². The third-order valence-corrected chi connectivity index (χ3v) is 2.13. The zero-order chi connectivity index (χ0) is 9.68. The molecule has 2 nitrogen and oxygen atoms in total. The number of carbonyl (C=O) groups is 1. The molecule has 4 heteroatoms. The second kappa shape index (κ2) is 4.87. The lowest BCUT2D eigenvalue weighted by Gasteiger charge is -2.03. The molecule has 0 saturated carbocycles. The molecule has 0 bridgehead atoms. The molecule has 0 unspecified atom stereocenters. The molecule has 0 saturated heterocycles. The Bertz CT molecular complexity index is 304. The summed E-state index contributed by atoms with van der Waals surface area (Å²) in [6.45, 7) is 2.00. The van der Waals surface area contributed by atoms with Gasteiger partial charge in [-0.3, -0.25) is 4.79 Å². The molecule has 0 heterocycles. The third-order valence-electron chi connectivity index (χ3n) is 1.46. The van der Waals surface area contributed by atoms with E-state index in [1.54, 1.807) is 6.07 Å². The molecule has 0 aromatic heterocycles. The van der Waals surface area contributed by atoms with Crippen molar-refractivity contribution in [2.45, 2.75) is 6.92 Å². The number of aldehydes is 1. The van der Waals surface area contributed by atoms with Crippen molar-refractivity contribution in [3.63, 3.8) is 0 Å². The summed E-state index contributed by atoms with van der Waals surface area (Å²) in [4.78, 5) is 10.4. The van der Waals surface area contributed by atoms with Crippen LogP contribution in [0.4, 0.5) is 10.1 Å². The molecule has 0 amide bonds. The molecule has 13 heavy (non-hydrogen) atoms. The van der Waals surface area contributed by atoms with Crippen molar-refractivity contribution in [3.8, 4) is 0 Å². The van der Waals surface area contributed by atoms with E-state index < -0.39 is 5.82 Å². The van der Waals surface area contributed by atoms with Gasteiger partial charge in [-0.2, -0.15) is 0 Å². The van der Waals surface area contributed by atoms with Crippen LogP contribution in [0, 0.1) is 5.82 Å². The molecule has 0 aliphatic carbocycles. The first-order valence-electron chi connectivity index (χ1n) is 3.90. The predicted octanol–water partition coefficient (Wildman–Crippen LogP) is 2.72. The van der Waals surface area contributed by atoms with Crippen molar-refractivity contribution in [1.29, 1.82) is 0 Å². The maximum Gasteiger partial charge on any atom is 0.153 e. The van der Waals surface area contributed by atoms with Crippen molar-refractivity contribution in [2.24, 2.45) is 0 Å². The molecule has 1 aromatic carbocycles. The third kappa shape index (κ3) is 2.73. The Morgan fingerprint density at radius 1 is 1.62 bits per heavy atom. The van der Waals surface area contributed by atoms with Crippen molar-refractivity contribution in [3.05, 3.63) is 29.6 Å². The van der Waals surface area contributed by atoms with E-state index in [-0.39, 0.29) is 5.56 Å². The number of benzene rings is 1. The van der Waals surface area contributed by atoms with Gasteiger partial charge in [0.1, 0.15) is 5.82 Å². The Labute approximate surface area is 80.7 Å². The maximum absolute atomic E-state index is 12.8. The van der Waals surface area contributed by atoms with E-state index in [9.17, 15) is 9.18 Å². The second-order valence-corrected chi connectivity index (χ2v) is 3.46. The lowest BCUT2D eigenvalue weighted by molar-refractivity contribution is 0.112. The highest BCUT2D eigenvalue weighted by Crippen LogP contribution is 2.16. The Balaban J connectivity index is 2.80. The molecule has 1 rings (SSSR count). The van der Waals surface area contributed by atoms with Crippen molar-refractivity contribution in [2.75, 3.05) is 10.5 Å². The molecule has 70 valence electrons. The monoisotopic (exact) mass is 199 g/mol. The van der Waals surface area contributed by atoms with E-state index in [4.69, 9.17) is 0 Å². The standard InChI is InChI=1S/C9H10FNOS/c1-2-13-11-8-3-4-9(10)7(5-8)6-12/h3-6,11H,2H2,1H3. The quantitative estimate of drug-likeness (QED) is 0.597. The smallest absolute Gasteiger partial charge is 0.153 e. The minimum atomic E-state index is -0.484. The van der Waals surface area contributed by atoms with Gasteiger partial charge < -0.3 is 4.72 Å². The Morgan fingerprint density at radius 2 is 2.38 bits per heavy atom. The number of rotatable bonds is 4. The van der Waals surface area contributed by atoms with Gasteiger partial charge in [0.05, 0.1) is 5.56 Å². The van der Waals surface area contributed by atoms with Crippen molar-refractivity contribution < 1.29 is 9.18 Å². The van der Waals surface area contributed by atoms with E-state index in [1.807, 2.05) is 6.92 Å². The average molecular weight is 199 g/mol. The van der Waals surface area contributed by atoms with Gasteiger partial charge in [-0.05, 0) is 18.2 Å². The first-order valence-corrected chi connectivity index (χ1v) is 4.89. The molecule has 0 radical (unpaired) electrons. The molecule has 1 aromatic rings. The van der Waals surface area contributed by atoms with Gasteiger partial charge in [-0.1, -0.05) is 18.9 Å². The van der Waals surface area contributed by atoms with Crippen LogP contribution in [0.15, 0.2) is 18.2 Å². The first-order chi connectivity index (χ1) is 6.27. The molecule has 0 atom stereocenters. The minimum absolute atomic E-state index is 0.0849. The average Bonchev–Trinajstić information content (AvgIpc) is 2.16. The minimum Gasteiger partial charge on any atom is -0.330 e. The Kier molecular flexibility index (Phi) is 3.76. The summed E-state index contributed by atoms with van der Waals surface area (Å²) in [6, 6.07) is 4.37. The number of hydrogen-bond donors (Lipinski definition) is 1. The van der Waals surface area contributed by atoms with Gasteiger partial charge in [0, 0.05) is 11.4 Å². The fraction of sp³-hybridized carbons (Fsp3) is 0.222. The van der Waals surface area contributed by atoms with Gasteiger partial charge in [-0.25, -0.2) is 4.39 Å². The largest absolute Gasteiger partial charge is 0.330 e. The molecular weight excluding hydrogens is 189 g/mol. The normalized spacial score (nSPS) is 9.69. The van der Waals surface area contributed by atoms with Gasteiger partial charge in [0.2, 0.25) is 0 Å². The van der Waals surface area contributed by atoms with Crippen LogP contribution < -0.4 is 4.72 Å². The van der Waals surface area contributed by atoms with Gasteiger partial charge in [-0.15, -0.1) is 0 Å². The number of halogens is 1. The number of anilines is 1. The SMILES string of the molecule is CCSNc1ccc(F)c(C=O)c1. The predicted molar refractivity (Wildman–Crippen MR) is 53.5 cm³/mol. The van der Waals surface area contributed by atoms with Crippen molar-refractivity contribution >= 4 is 23.9 Å². The van der Waals surface area contributed by atoms with E-state index in [2.05, 4.69) is 4.72 Å². The zero-order valence-electron chi connectivity index (χ0n) is 7.21. The summed E-state index contributed by atoms with van der Waals surface area (Å²) in [5.41, 5.74) is 0.831. The topological polar surface area (TPSA) is 29.1 Å². The number of hydrogen-bond acceptors (Lipinski definition) is 3. The zero-order valence-corrected chi connectivity index (χ0v) is 8.03. The summed E-state index contributed by atoms with van der Waals surface area (Å²) < 4.78 is 15.8. The summed E-state index contributed by atoms with van der Waals surface area (Å²) in [5, 5.41) is 0. The highest BCUT2D eigenvalue weighted by molar-refractivity contribution is 8.00. The van der Waals surface area contributed by atoms with Crippen LogP contribution in [0.25, 0.3) is 0 Å². The summed E-state index contributed by atoms with van der Waals surface area (Å²) >= 11 is 1.50. The molecule has 0 spiro atoms. The first kappa shape index (κ1) is 10.1. The number of nitrogens with one attached hydrogen (secondary N) is 1. The fourth-order valence-electron chi connectivity index (χ4n) is 0.853. The lowest BCUT2D eigenvalue weighted by Crippen LogP contribution is -1.92. The summed E-state index contributed by atoms with van der Waals surface area (Å²) in [7, 11) is 0. The van der Waals surface area contributed by atoms with E-state index in [0.29, 0.717) is 6.29 Å². The van der Waals surface area contributed by atoms with E-state index in [0.717, 1.165) is 11.4 Å². The second-order valence-electron chi connectivity index (χ2n) is 2.39. The van der Waals surface area contributed by atoms with Crippen LogP contribution in [0.1, 0.15) is 17.3 Å². The van der Waals surface area contributed by atoms with E-state index in [1.165, 1.54) is 24.1 Å². The Morgan fingerprint density at radius 3 is 3.00 bits per heavy atom. The van der Waals surface area contributed by atoms with Crippen LogP contribution in [0.2, 0.25) is 0 Å². The Hall–Kier alpha value is -1.03. The highest BCUT2D eigenvalue weighted by atomic mass is 32.2. The molecule has 0 aliphatic heterocycles. The maximum atomic E-state index is 12.8.